The van der Waals surface area contributed by atoms with Crippen LogP contribution in [-0.2, 0) is 5.54 Å². The van der Waals surface area contributed by atoms with Gasteiger partial charge in [0.15, 0.2) is 0 Å². The fourth-order valence-corrected chi connectivity index (χ4v) is 2.16. The van der Waals surface area contributed by atoms with Crippen LogP contribution < -0.4 is 5.73 Å². The Balaban J connectivity index is 2.56. The highest BCUT2D eigenvalue weighted by Gasteiger charge is 2.23. The number of hydrogen-bond donors (Lipinski definition) is 1. The molecule has 0 radical (unpaired) electrons. The summed E-state index contributed by atoms with van der Waals surface area (Å²) < 4.78 is 0. The van der Waals surface area contributed by atoms with E-state index in [1.807, 2.05) is 0 Å². The molecule has 0 fully saturated rings. The van der Waals surface area contributed by atoms with Gasteiger partial charge in [0.25, 0.3) is 0 Å². The van der Waals surface area contributed by atoms with Crippen molar-refractivity contribution >= 4 is 0 Å². The van der Waals surface area contributed by atoms with E-state index in [1.165, 1.54) is 31.2 Å². The van der Waals surface area contributed by atoms with Gasteiger partial charge in [-0.3, -0.25) is 0 Å². The molecule has 1 heteroatoms. The summed E-state index contributed by atoms with van der Waals surface area (Å²) in [6.07, 6.45) is 7.29. The summed E-state index contributed by atoms with van der Waals surface area (Å²) in [4.78, 5) is 0. The van der Waals surface area contributed by atoms with Crippen LogP contribution in [0, 0.1) is 0 Å². The summed E-state index contributed by atoms with van der Waals surface area (Å²) in [5.74, 6) is 0. The normalized spacial score (nSPS) is 14.7. The smallest absolute Gasteiger partial charge is 0.0407 e. The van der Waals surface area contributed by atoms with Gasteiger partial charge in [0.1, 0.15) is 0 Å². The van der Waals surface area contributed by atoms with Gasteiger partial charge in [-0.25, -0.2) is 0 Å². The number of hydrogen-bond acceptors (Lipinski definition) is 1. The fraction of sp³-hybridized carbons (Fsp3) is 0.600. The van der Waals surface area contributed by atoms with E-state index in [9.17, 15) is 0 Å². The maximum Gasteiger partial charge on any atom is 0.0407 e. The van der Waals surface area contributed by atoms with Crippen molar-refractivity contribution in [1.82, 2.24) is 0 Å². The Morgan fingerprint density at radius 1 is 1.00 bits per heavy atom. The summed E-state index contributed by atoms with van der Waals surface area (Å²) in [7, 11) is 0. The van der Waals surface area contributed by atoms with E-state index in [4.69, 9.17) is 5.73 Å². The molecule has 1 unspecified atom stereocenters. The first-order chi connectivity index (χ1) is 7.73. The van der Waals surface area contributed by atoms with Crippen LogP contribution in [-0.4, -0.2) is 0 Å². The van der Waals surface area contributed by atoms with E-state index in [0.29, 0.717) is 0 Å². The number of nitrogens with two attached hydrogens (primary N) is 1. The van der Waals surface area contributed by atoms with Crippen LogP contribution in [0.25, 0.3) is 0 Å². The summed E-state index contributed by atoms with van der Waals surface area (Å²) in [6.45, 7) is 4.43. The van der Waals surface area contributed by atoms with E-state index in [-0.39, 0.29) is 5.54 Å². The van der Waals surface area contributed by atoms with Gasteiger partial charge in [0.05, 0.1) is 0 Å². The molecule has 1 nitrogen and oxygen atoms in total. The highest BCUT2D eigenvalue weighted by molar-refractivity contribution is 5.23. The highest BCUT2D eigenvalue weighted by Crippen LogP contribution is 2.28. The summed E-state index contributed by atoms with van der Waals surface area (Å²) >= 11 is 0. The molecule has 1 aromatic rings. The lowest BCUT2D eigenvalue weighted by atomic mass is 9.83. The largest absolute Gasteiger partial charge is 0.321 e. The minimum Gasteiger partial charge on any atom is -0.321 e. The van der Waals surface area contributed by atoms with Crippen LogP contribution in [0.15, 0.2) is 30.3 Å². The van der Waals surface area contributed by atoms with Crippen LogP contribution >= 0.6 is 0 Å². The SMILES string of the molecule is CCCCCCC(N)(CC)c1ccccc1. The van der Waals surface area contributed by atoms with Crippen molar-refractivity contribution in [3.8, 4) is 0 Å². The van der Waals surface area contributed by atoms with E-state index in [1.54, 1.807) is 0 Å². The quantitative estimate of drug-likeness (QED) is 0.683. The highest BCUT2D eigenvalue weighted by atomic mass is 14.7. The lowest BCUT2D eigenvalue weighted by molar-refractivity contribution is 0.374. The molecule has 0 heterocycles. The molecule has 2 N–H and O–H groups in total. The van der Waals surface area contributed by atoms with Crippen molar-refractivity contribution in [1.29, 1.82) is 0 Å². The molecule has 1 aromatic carbocycles. The van der Waals surface area contributed by atoms with E-state index in [0.717, 1.165) is 12.8 Å². The minimum absolute atomic E-state index is 0.116. The first-order valence-electron chi connectivity index (χ1n) is 6.57. The van der Waals surface area contributed by atoms with Crippen molar-refractivity contribution in [3.63, 3.8) is 0 Å². The van der Waals surface area contributed by atoms with Crippen LogP contribution in [0.4, 0.5) is 0 Å². The standard InChI is InChI=1S/C15H25N/c1-3-5-6-10-13-15(16,4-2)14-11-8-7-9-12-14/h7-9,11-12H,3-6,10,13,16H2,1-2H3. The first kappa shape index (κ1) is 13.2. The number of rotatable bonds is 7. The average Bonchev–Trinajstić information content (AvgIpc) is 2.35. The Morgan fingerprint density at radius 3 is 2.25 bits per heavy atom. The molecule has 90 valence electrons. The second-order valence-electron chi connectivity index (χ2n) is 4.69. The fourth-order valence-electron chi connectivity index (χ4n) is 2.16. The molecule has 0 aliphatic heterocycles. The third-order valence-electron chi connectivity index (χ3n) is 3.46. The molecular formula is C15H25N. The van der Waals surface area contributed by atoms with Crippen LogP contribution in [0.1, 0.15) is 57.9 Å². The Kier molecular flexibility index (Phi) is 5.54. The molecule has 0 aliphatic rings. The Morgan fingerprint density at radius 2 is 1.69 bits per heavy atom. The lowest BCUT2D eigenvalue weighted by Crippen LogP contribution is -2.35. The van der Waals surface area contributed by atoms with Crippen molar-refractivity contribution < 1.29 is 0 Å². The van der Waals surface area contributed by atoms with Gasteiger partial charge in [-0.2, -0.15) is 0 Å². The Hall–Kier alpha value is -0.820. The zero-order chi connectivity index (χ0) is 11.9. The Labute approximate surface area is 100 Å². The van der Waals surface area contributed by atoms with Crippen molar-refractivity contribution in [3.05, 3.63) is 35.9 Å². The number of unbranched alkanes of at least 4 members (excludes halogenated alkanes) is 3. The maximum absolute atomic E-state index is 6.50. The third-order valence-corrected chi connectivity index (χ3v) is 3.46. The van der Waals surface area contributed by atoms with Crippen molar-refractivity contribution in [2.45, 2.75) is 57.9 Å². The summed E-state index contributed by atoms with van der Waals surface area (Å²) in [6, 6.07) is 10.5. The second-order valence-corrected chi connectivity index (χ2v) is 4.69. The van der Waals surface area contributed by atoms with Gasteiger partial charge < -0.3 is 5.73 Å². The molecule has 0 amide bonds. The average molecular weight is 219 g/mol. The van der Waals surface area contributed by atoms with Crippen molar-refractivity contribution in [2.24, 2.45) is 5.73 Å². The number of benzene rings is 1. The summed E-state index contributed by atoms with van der Waals surface area (Å²) in [5.41, 5.74) is 7.67. The second kappa shape index (κ2) is 6.70. The van der Waals surface area contributed by atoms with Gasteiger partial charge >= 0.3 is 0 Å². The van der Waals surface area contributed by atoms with Gasteiger partial charge in [-0.1, -0.05) is 69.9 Å². The van der Waals surface area contributed by atoms with Gasteiger partial charge in [0.2, 0.25) is 0 Å². The van der Waals surface area contributed by atoms with E-state index >= 15 is 0 Å². The molecule has 0 bridgehead atoms. The Bertz CT molecular complexity index is 281. The zero-order valence-electron chi connectivity index (χ0n) is 10.7. The molecule has 0 saturated heterocycles. The molecule has 0 spiro atoms. The van der Waals surface area contributed by atoms with E-state index < -0.39 is 0 Å². The minimum atomic E-state index is -0.116. The molecular weight excluding hydrogens is 194 g/mol. The lowest BCUT2D eigenvalue weighted by Gasteiger charge is -2.29. The van der Waals surface area contributed by atoms with Crippen LogP contribution in [0.5, 0.6) is 0 Å². The molecule has 0 aromatic heterocycles. The maximum atomic E-state index is 6.50. The molecule has 16 heavy (non-hydrogen) atoms. The van der Waals surface area contributed by atoms with Gasteiger partial charge in [-0.15, -0.1) is 0 Å². The monoisotopic (exact) mass is 219 g/mol. The zero-order valence-corrected chi connectivity index (χ0v) is 10.7. The summed E-state index contributed by atoms with van der Waals surface area (Å²) in [5, 5.41) is 0. The van der Waals surface area contributed by atoms with E-state index in [2.05, 4.69) is 44.2 Å². The topological polar surface area (TPSA) is 26.0 Å². The van der Waals surface area contributed by atoms with Gasteiger partial charge in [-0.05, 0) is 18.4 Å². The molecule has 0 saturated carbocycles. The van der Waals surface area contributed by atoms with Crippen LogP contribution in [0.2, 0.25) is 0 Å². The molecule has 0 aliphatic carbocycles. The molecule has 1 atom stereocenters. The van der Waals surface area contributed by atoms with Crippen LogP contribution in [0.3, 0.4) is 0 Å². The van der Waals surface area contributed by atoms with Gasteiger partial charge in [0, 0.05) is 5.54 Å². The molecule has 1 rings (SSSR count). The predicted molar refractivity (Wildman–Crippen MR) is 71.4 cm³/mol. The van der Waals surface area contributed by atoms with Crippen molar-refractivity contribution in [2.75, 3.05) is 0 Å². The third kappa shape index (κ3) is 3.64. The predicted octanol–water partition coefficient (Wildman–Crippen LogP) is 4.22. The first-order valence-corrected chi connectivity index (χ1v) is 6.57.